The maximum absolute atomic E-state index is 12.9. The highest BCUT2D eigenvalue weighted by Gasteiger charge is 2.31. The Labute approximate surface area is 154 Å². The average molecular weight is 351 g/mol. The molecule has 1 aromatic carbocycles. The van der Waals surface area contributed by atoms with E-state index in [1.54, 1.807) is 0 Å². The van der Waals surface area contributed by atoms with Crippen LogP contribution in [0.5, 0.6) is 0 Å². The summed E-state index contributed by atoms with van der Waals surface area (Å²) in [6, 6.07) is 11.8. The first-order valence-corrected chi connectivity index (χ1v) is 9.39. The number of likely N-dealkylation sites (tertiary alicyclic amines) is 1. The third-order valence-corrected chi connectivity index (χ3v) is 5.37. The van der Waals surface area contributed by atoms with Crippen LogP contribution in [0, 0.1) is 6.92 Å². The van der Waals surface area contributed by atoms with E-state index in [-0.39, 0.29) is 11.9 Å². The van der Waals surface area contributed by atoms with E-state index in [0.717, 1.165) is 57.1 Å². The van der Waals surface area contributed by atoms with E-state index in [2.05, 4.69) is 17.9 Å². The maximum Gasteiger partial charge on any atom is 0.254 e. The molecule has 2 aromatic rings. The van der Waals surface area contributed by atoms with Crippen LogP contribution in [0.25, 0.3) is 0 Å². The van der Waals surface area contributed by atoms with Crippen molar-refractivity contribution in [3.05, 3.63) is 59.3 Å². The van der Waals surface area contributed by atoms with Crippen molar-refractivity contribution in [2.45, 2.75) is 25.8 Å². The number of morpholine rings is 1. The number of rotatable bonds is 3. The molecule has 26 heavy (non-hydrogen) atoms. The molecule has 5 heteroatoms. The van der Waals surface area contributed by atoms with Gasteiger partial charge in [0.25, 0.3) is 5.91 Å². The summed E-state index contributed by atoms with van der Waals surface area (Å²) in [5.74, 6) is 1.12. The maximum atomic E-state index is 12.9. The van der Waals surface area contributed by atoms with Gasteiger partial charge in [-0.15, -0.1) is 0 Å². The van der Waals surface area contributed by atoms with Gasteiger partial charge in [0.05, 0.1) is 19.3 Å². The minimum atomic E-state index is 0.116. The molecule has 3 heterocycles. The van der Waals surface area contributed by atoms with Crippen LogP contribution in [0.3, 0.4) is 0 Å². The van der Waals surface area contributed by atoms with Crippen molar-refractivity contribution in [1.82, 2.24) is 9.88 Å². The van der Waals surface area contributed by atoms with Crippen LogP contribution in [0.4, 0.5) is 5.82 Å². The second kappa shape index (κ2) is 7.46. The van der Waals surface area contributed by atoms with Crippen molar-refractivity contribution in [2.24, 2.45) is 0 Å². The monoisotopic (exact) mass is 351 g/mol. The fraction of sp³-hybridized carbons (Fsp3) is 0.429. The first-order valence-electron chi connectivity index (χ1n) is 9.39. The summed E-state index contributed by atoms with van der Waals surface area (Å²) in [7, 11) is 0. The average Bonchev–Trinajstić information content (AvgIpc) is 3.18. The lowest BCUT2D eigenvalue weighted by atomic mass is 10.0. The number of hydrogen-bond acceptors (Lipinski definition) is 4. The molecular weight excluding hydrogens is 326 g/mol. The zero-order chi connectivity index (χ0) is 17.9. The molecule has 0 aliphatic carbocycles. The Morgan fingerprint density at radius 3 is 2.65 bits per heavy atom. The molecule has 0 N–H and O–H groups in total. The summed E-state index contributed by atoms with van der Waals surface area (Å²) in [5, 5.41) is 0. The van der Waals surface area contributed by atoms with Gasteiger partial charge in [0.2, 0.25) is 0 Å². The lowest BCUT2D eigenvalue weighted by Crippen LogP contribution is -2.37. The van der Waals surface area contributed by atoms with Crippen LogP contribution >= 0.6 is 0 Å². The molecule has 0 unspecified atom stereocenters. The Bertz CT molecular complexity index is 772. The third kappa shape index (κ3) is 3.31. The summed E-state index contributed by atoms with van der Waals surface area (Å²) in [5.41, 5.74) is 3.14. The quantitative estimate of drug-likeness (QED) is 0.852. The molecule has 0 radical (unpaired) electrons. The largest absolute Gasteiger partial charge is 0.378 e. The van der Waals surface area contributed by atoms with Crippen molar-refractivity contribution in [1.29, 1.82) is 0 Å². The number of hydrogen-bond donors (Lipinski definition) is 0. The second-order valence-electron chi connectivity index (χ2n) is 7.02. The summed E-state index contributed by atoms with van der Waals surface area (Å²) < 4.78 is 5.43. The Hall–Kier alpha value is -2.40. The van der Waals surface area contributed by atoms with Gasteiger partial charge >= 0.3 is 0 Å². The number of nitrogens with zero attached hydrogens (tertiary/aromatic N) is 3. The summed E-state index contributed by atoms with van der Waals surface area (Å²) >= 11 is 0. The zero-order valence-corrected chi connectivity index (χ0v) is 15.2. The molecule has 1 amide bonds. The zero-order valence-electron chi connectivity index (χ0n) is 15.2. The second-order valence-corrected chi connectivity index (χ2v) is 7.02. The molecule has 4 rings (SSSR count). The molecule has 1 aromatic heterocycles. The first-order chi connectivity index (χ1) is 12.7. The number of amides is 1. The topological polar surface area (TPSA) is 45.7 Å². The van der Waals surface area contributed by atoms with Gasteiger partial charge in [-0.1, -0.05) is 18.2 Å². The highest BCUT2D eigenvalue weighted by molar-refractivity contribution is 5.94. The number of aryl methyl sites for hydroxylation is 1. The number of anilines is 1. The highest BCUT2D eigenvalue weighted by atomic mass is 16.5. The summed E-state index contributed by atoms with van der Waals surface area (Å²) in [6.45, 7) is 6.21. The minimum Gasteiger partial charge on any atom is -0.378 e. The predicted molar refractivity (Wildman–Crippen MR) is 101 cm³/mol. The number of benzene rings is 1. The number of carbonyl (C=O) groups excluding carboxylic acids is 1. The molecule has 1 atom stereocenters. The molecule has 0 saturated carbocycles. The number of ether oxygens (including phenoxy) is 1. The van der Waals surface area contributed by atoms with Crippen LogP contribution in [0.1, 0.15) is 40.4 Å². The fourth-order valence-electron chi connectivity index (χ4n) is 3.95. The van der Waals surface area contributed by atoms with Gasteiger partial charge in [0, 0.05) is 31.4 Å². The SMILES string of the molecule is Cc1cc(N2CCOCC2)ncc1[C@@H]1CCCN1C(=O)c1ccccc1. The lowest BCUT2D eigenvalue weighted by Gasteiger charge is -2.30. The van der Waals surface area contributed by atoms with Crippen LogP contribution < -0.4 is 4.90 Å². The van der Waals surface area contributed by atoms with E-state index in [4.69, 9.17) is 9.72 Å². The normalized spacial score (nSPS) is 20.4. The van der Waals surface area contributed by atoms with Gasteiger partial charge < -0.3 is 14.5 Å². The van der Waals surface area contributed by atoms with Crippen molar-refractivity contribution in [3.8, 4) is 0 Å². The van der Waals surface area contributed by atoms with Gasteiger partial charge in [-0.05, 0) is 49.1 Å². The number of carbonyl (C=O) groups is 1. The number of pyridine rings is 1. The Balaban J connectivity index is 1.57. The van der Waals surface area contributed by atoms with E-state index < -0.39 is 0 Å². The van der Waals surface area contributed by atoms with Crippen LogP contribution in [-0.4, -0.2) is 48.6 Å². The summed E-state index contributed by atoms with van der Waals surface area (Å²) in [4.78, 5) is 21.9. The van der Waals surface area contributed by atoms with Gasteiger partial charge in [0.1, 0.15) is 5.82 Å². The van der Waals surface area contributed by atoms with Gasteiger partial charge in [0.15, 0.2) is 0 Å². The third-order valence-electron chi connectivity index (χ3n) is 5.37. The fourth-order valence-corrected chi connectivity index (χ4v) is 3.95. The molecule has 2 aliphatic heterocycles. The van der Waals surface area contributed by atoms with E-state index in [1.807, 2.05) is 41.4 Å². The molecule has 2 fully saturated rings. The molecule has 2 saturated heterocycles. The van der Waals surface area contributed by atoms with E-state index >= 15 is 0 Å². The highest BCUT2D eigenvalue weighted by Crippen LogP contribution is 2.35. The van der Waals surface area contributed by atoms with Crippen LogP contribution in [0.15, 0.2) is 42.6 Å². The van der Waals surface area contributed by atoms with Crippen molar-refractivity contribution >= 4 is 11.7 Å². The van der Waals surface area contributed by atoms with E-state index in [1.165, 1.54) is 11.1 Å². The van der Waals surface area contributed by atoms with Crippen LogP contribution in [0.2, 0.25) is 0 Å². The molecule has 0 bridgehead atoms. The van der Waals surface area contributed by atoms with Crippen molar-refractivity contribution < 1.29 is 9.53 Å². The molecule has 0 spiro atoms. The molecule has 136 valence electrons. The van der Waals surface area contributed by atoms with Crippen molar-refractivity contribution in [2.75, 3.05) is 37.7 Å². The Morgan fingerprint density at radius 2 is 1.92 bits per heavy atom. The van der Waals surface area contributed by atoms with Crippen LogP contribution in [-0.2, 0) is 4.74 Å². The molecular formula is C21H25N3O2. The van der Waals surface area contributed by atoms with Gasteiger partial charge in [-0.3, -0.25) is 4.79 Å². The van der Waals surface area contributed by atoms with Gasteiger partial charge in [-0.25, -0.2) is 4.98 Å². The molecule has 2 aliphatic rings. The first kappa shape index (κ1) is 17.0. The lowest BCUT2D eigenvalue weighted by molar-refractivity contribution is 0.0735. The minimum absolute atomic E-state index is 0.116. The Morgan fingerprint density at radius 1 is 1.15 bits per heavy atom. The van der Waals surface area contributed by atoms with Crippen molar-refractivity contribution in [3.63, 3.8) is 0 Å². The smallest absolute Gasteiger partial charge is 0.254 e. The van der Waals surface area contributed by atoms with Gasteiger partial charge in [-0.2, -0.15) is 0 Å². The standard InChI is InChI=1S/C21H25N3O2/c1-16-14-20(23-10-12-26-13-11-23)22-15-18(16)19-8-5-9-24(19)21(25)17-6-3-2-4-7-17/h2-4,6-7,14-15,19H,5,8-13H2,1H3/t19-/m0/s1. The number of aromatic nitrogens is 1. The van der Waals surface area contributed by atoms with E-state index in [9.17, 15) is 4.79 Å². The molecule has 5 nitrogen and oxygen atoms in total. The van der Waals surface area contributed by atoms with E-state index in [0.29, 0.717) is 0 Å². The predicted octanol–water partition coefficient (Wildman–Crippen LogP) is 3.20. The summed E-state index contributed by atoms with van der Waals surface area (Å²) in [6.07, 6.45) is 4.01. The Kier molecular flexibility index (Phi) is 4.89.